The van der Waals surface area contributed by atoms with Gasteiger partial charge >= 0.3 is 0 Å². The summed E-state index contributed by atoms with van der Waals surface area (Å²) in [5.74, 6) is -2.27. The van der Waals surface area contributed by atoms with Crippen LogP contribution in [0.4, 0.5) is 14.5 Å². The number of hydrogen-bond donors (Lipinski definition) is 1. The molecule has 1 aliphatic rings. The third-order valence-corrected chi connectivity index (χ3v) is 3.74. The molecular formula is C16H14F2N2O. The summed E-state index contributed by atoms with van der Waals surface area (Å²) in [6.07, 6.45) is 0. The molecule has 3 nitrogen and oxygen atoms in total. The van der Waals surface area contributed by atoms with E-state index in [-0.39, 0.29) is 5.56 Å². The van der Waals surface area contributed by atoms with Crippen LogP contribution in [0.15, 0.2) is 30.3 Å². The SMILES string of the molecule is Cc1ccc(F)c(C(=O)N2Cc3ccc(N)cc3C2)c1F. The van der Waals surface area contributed by atoms with Gasteiger partial charge in [0.15, 0.2) is 0 Å². The van der Waals surface area contributed by atoms with Gasteiger partial charge in [-0.05, 0) is 41.8 Å². The molecule has 1 amide bonds. The van der Waals surface area contributed by atoms with Crippen LogP contribution in [0.5, 0.6) is 0 Å². The number of benzene rings is 2. The summed E-state index contributed by atoms with van der Waals surface area (Å²) in [6, 6.07) is 7.81. The lowest BCUT2D eigenvalue weighted by atomic mass is 10.1. The lowest BCUT2D eigenvalue weighted by Gasteiger charge is -2.17. The highest BCUT2D eigenvalue weighted by Crippen LogP contribution is 2.27. The maximum atomic E-state index is 14.1. The number of nitrogen functional groups attached to an aromatic ring is 1. The Morgan fingerprint density at radius 1 is 1.14 bits per heavy atom. The van der Waals surface area contributed by atoms with Crippen LogP contribution >= 0.6 is 0 Å². The first-order chi connectivity index (χ1) is 9.97. The number of carbonyl (C=O) groups excluding carboxylic acids is 1. The zero-order chi connectivity index (χ0) is 15.1. The molecule has 5 heteroatoms. The molecule has 3 rings (SSSR count). The summed E-state index contributed by atoms with van der Waals surface area (Å²) < 4.78 is 27.9. The van der Waals surface area contributed by atoms with Crippen LogP contribution in [0.25, 0.3) is 0 Å². The van der Waals surface area contributed by atoms with Crippen molar-refractivity contribution in [3.63, 3.8) is 0 Å². The van der Waals surface area contributed by atoms with E-state index in [9.17, 15) is 13.6 Å². The van der Waals surface area contributed by atoms with Gasteiger partial charge in [-0.25, -0.2) is 8.78 Å². The molecule has 1 aliphatic heterocycles. The molecule has 0 spiro atoms. The molecule has 0 aliphatic carbocycles. The number of anilines is 1. The first-order valence-corrected chi connectivity index (χ1v) is 6.58. The fraction of sp³-hybridized carbons (Fsp3) is 0.188. The number of halogens is 2. The largest absolute Gasteiger partial charge is 0.399 e. The van der Waals surface area contributed by atoms with Crippen molar-refractivity contribution in [2.45, 2.75) is 20.0 Å². The summed E-state index contributed by atoms with van der Waals surface area (Å²) in [7, 11) is 0. The Labute approximate surface area is 121 Å². The van der Waals surface area contributed by atoms with Gasteiger partial charge in [-0.2, -0.15) is 0 Å². The first-order valence-electron chi connectivity index (χ1n) is 6.58. The van der Waals surface area contributed by atoms with Crippen molar-refractivity contribution < 1.29 is 13.6 Å². The van der Waals surface area contributed by atoms with Crippen molar-refractivity contribution >= 4 is 11.6 Å². The molecule has 108 valence electrons. The molecule has 0 atom stereocenters. The molecule has 0 saturated carbocycles. The van der Waals surface area contributed by atoms with E-state index in [1.165, 1.54) is 17.9 Å². The average Bonchev–Trinajstić information content (AvgIpc) is 2.86. The highest BCUT2D eigenvalue weighted by molar-refractivity contribution is 5.95. The molecule has 0 radical (unpaired) electrons. The standard InChI is InChI=1S/C16H14F2N2O/c1-9-2-5-13(17)14(15(9)18)16(21)20-7-10-3-4-12(19)6-11(10)8-20/h2-6H,7-8,19H2,1H3. The van der Waals surface area contributed by atoms with E-state index >= 15 is 0 Å². The van der Waals surface area contributed by atoms with Gasteiger partial charge in [0, 0.05) is 18.8 Å². The highest BCUT2D eigenvalue weighted by Gasteiger charge is 2.28. The van der Waals surface area contributed by atoms with Crippen molar-refractivity contribution in [2.75, 3.05) is 5.73 Å². The van der Waals surface area contributed by atoms with Crippen LogP contribution in [0.1, 0.15) is 27.0 Å². The Bertz CT molecular complexity index is 743. The van der Waals surface area contributed by atoms with E-state index in [1.807, 2.05) is 6.07 Å². The van der Waals surface area contributed by atoms with Gasteiger partial charge in [-0.1, -0.05) is 12.1 Å². The van der Waals surface area contributed by atoms with Crippen LogP contribution in [0.2, 0.25) is 0 Å². The highest BCUT2D eigenvalue weighted by atomic mass is 19.1. The smallest absolute Gasteiger partial charge is 0.260 e. The summed E-state index contributed by atoms with van der Waals surface area (Å²) in [5.41, 5.74) is 7.94. The Morgan fingerprint density at radius 3 is 2.62 bits per heavy atom. The fourth-order valence-corrected chi connectivity index (χ4v) is 2.57. The number of fused-ring (bicyclic) bond motifs is 1. The molecule has 2 N–H and O–H groups in total. The third kappa shape index (κ3) is 2.24. The number of aryl methyl sites for hydroxylation is 1. The number of amides is 1. The molecule has 1 heterocycles. The van der Waals surface area contributed by atoms with Crippen molar-refractivity contribution in [1.82, 2.24) is 4.90 Å². The molecule has 21 heavy (non-hydrogen) atoms. The Balaban J connectivity index is 1.94. The minimum absolute atomic E-state index is 0.251. The average molecular weight is 288 g/mol. The second-order valence-electron chi connectivity index (χ2n) is 5.24. The topological polar surface area (TPSA) is 46.3 Å². The van der Waals surface area contributed by atoms with Crippen molar-refractivity contribution in [1.29, 1.82) is 0 Å². The van der Waals surface area contributed by atoms with Gasteiger partial charge in [0.05, 0.1) is 0 Å². The van der Waals surface area contributed by atoms with Crippen LogP contribution < -0.4 is 5.73 Å². The van der Waals surface area contributed by atoms with Crippen molar-refractivity contribution in [2.24, 2.45) is 0 Å². The normalized spacial score (nSPS) is 13.4. The van der Waals surface area contributed by atoms with Gasteiger partial charge < -0.3 is 10.6 Å². The number of nitrogens with zero attached hydrogens (tertiary/aromatic N) is 1. The molecule has 0 fully saturated rings. The van der Waals surface area contributed by atoms with Crippen LogP contribution in [-0.4, -0.2) is 10.8 Å². The van der Waals surface area contributed by atoms with Crippen LogP contribution in [-0.2, 0) is 13.1 Å². The van der Waals surface area contributed by atoms with Gasteiger partial charge in [0.25, 0.3) is 5.91 Å². The minimum atomic E-state index is -0.835. The zero-order valence-corrected chi connectivity index (χ0v) is 11.5. The number of carbonyl (C=O) groups is 1. The number of rotatable bonds is 1. The minimum Gasteiger partial charge on any atom is -0.399 e. The van der Waals surface area contributed by atoms with E-state index in [4.69, 9.17) is 5.73 Å². The quantitative estimate of drug-likeness (QED) is 0.820. The Kier molecular flexibility index (Phi) is 3.12. The number of nitrogens with two attached hydrogens (primary N) is 1. The summed E-state index contributed by atoms with van der Waals surface area (Å²) in [5, 5.41) is 0. The van der Waals surface area contributed by atoms with Crippen molar-refractivity contribution in [3.05, 3.63) is 64.2 Å². The second-order valence-corrected chi connectivity index (χ2v) is 5.24. The van der Waals surface area contributed by atoms with Gasteiger partial charge in [0.1, 0.15) is 17.2 Å². The lowest BCUT2D eigenvalue weighted by Crippen LogP contribution is -2.27. The zero-order valence-electron chi connectivity index (χ0n) is 11.5. The second kappa shape index (κ2) is 4.84. The maximum Gasteiger partial charge on any atom is 0.260 e. The molecule has 0 saturated heterocycles. The number of hydrogen-bond acceptors (Lipinski definition) is 2. The Morgan fingerprint density at radius 2 is 1.86 bits per heavy atom. The molecule has 0 bridgehead atoms. The monoisotopic (exact) mass is 288 g/mol. The fourth-order valence-electron chi connectivity index (χ4n) is 2.57. The van der Waals surface area contributed by atoms with Gasteiger partial charge in [-0.15, -0.1) is 0 Å². The molecule has 2 aromatic rings. The van der Waals surface area contributed by atoms with Gasteiger partial charge in [0.2, 0.25) is 0 Å². The molecule has 0 aromatic heterocycles. The van der Waals surface area contributed by atoms with Gasteiger partial charge in [-0.3, -0.25) is 4.79 Å². The molecular weight excluding hydrogens is 274 g/mol. The summed E-state index contributed by atoms with van der Waals surface area (Å²) in [6.45, 7) is 2.15. The summed E-state index contributed by atoms with van der Waals surface area (Å²) in [4.78, 5) is 13.8. The van der Waals surface area contributed by atoms with E-state index in [0.29, 0.717) is 18.8 Å². The predicted octanol–water partition coefficient (Wildman–Crippen LogP) is 3.01. The molecule has 0 unspecified atom stereocenters. The molecule has 2 aromatic carbocycles. The third-order valence-electron chi connectivity index (χ3n) is 3.74. The van der Waals surface area contributed by atoms with Crippen molar-refractivity contribution in [3.8, 4) is 0 Å². The first kappa shape index (κ1) is 13.5. The van der Waals surface area contributed by atoms with Crippen LogP contribution in [0.3, 0.4) is 0 Å². The van der Waals surface area contributed by atoms with E-state index in [2.05, 4.69) is 0 Å². The van der Waals surface area contributed by atoms with E-state index in [0.717, 1.165) is 17.2 Å². The van der Waals surface area contributed by atoms with Crippen LogP contribution in [0, 0.1) is 18.6 Å². The van der Waals surface area contributed by atoms with E-state index < -0.39 is 23.1 Å². The summed E-state index contributed by atoms with van der Waals surface area (Å²) >= 11 is 0. The maximum absolute atomic E-state index is 14.1. The lowest BCUT2D eigenvalue weighted by molar-refractivity contribution is 0.0741. The van der Waals surface area contributed by atoms with E-state index in [1.54, 1.807) is 12.1 Å². The Hall–Kier alpha value is -2.43. The predicted molar refractivity (Wildman–Crippen MR) is 75.5 cm³/mol.